The lowest BCUT2D eigenvalue weighted by Crippen LogP contribution is -2.34. The summed E-state index contributed by atoms with van der Waals surface area (Å²) in [6, 6.07) is 0. The molecule has 1 unspecified atom stereocenters. The van der Waals surface area contributed by atoms with Gasteiger partial charge in [0.1, 0.15) is 0 Å². The van der Waals surface area contributed by atoms with E-state index >= 15 is 0 Å². The quantitative estimate of drug-likeness (QED) is 0.695. The van der Waals surface area contributed by atoms with E-state index in [2.05, 4.69) is 0 Å². The number of methoxy groups -OCH3 is 1. The number of carbonyl (C=O) groups excluding carboxylic acids is 1. The molecule has 0 saturated heterocycles. The average molecular weight is 232 g/mol. The first-order valence-corrected chi connectivity index (χ1v) is 6.81. The molecule has 1 atom stereocenters. The van der Waals surface area contributed by atoms with Gasteiger partial charge in [-0.1, -0.05) is 12.8 Å². The number of ether oxygens (including phenoxy) is 1. The maximum Gasteiger partial charge on any atom is 0.312 e. The Labute approximate surface area is 94.0 Å². The van der Waals surface area contributed by atoms with E-state index < -0.39 is 16.2 Å². The van der Waals surface area contributed by atoms with Crippen molar-refractivity contribution in [3.05, 3.63) is 0 Å². The highest BCUT2D eigenvalue weighted by Gasteiger charge is 2.34. The molecule has 88 valence electrons. The summed E-state index contributed by atoms with van der Waals surface area (Å²) in [5.41, 5.74) is -0.623. The highest BCUT2D eigenvalue weighted by Crippen LogP contribution is 2.27. The Morgan fingerprint density at radius 2 is 1.93 bits per heavy atom. The summed E-state index contributed by atoms with van der Waals surface area (Å²) >= 11 is 0. The molecule has 0 amide bonds. The molecule has 0 aromatic heterocycles. The maximum atomic E-state index is 12.0. The molecule has 0 radical (unpaired) electrons. The van der Waals surface area contributed by atoms with Gasteiger partial charge >= 0.3 is 5.97 Å². The Kier molecular flexibility index (Phi) is 4.32. The molecule has 1 rings (SSSR count). The van der Waals surface area contributed by atoms with Gasteiger partial charge in [0.05, 0.1) is 12.5 Å². The molecule has 0 bridgehead atoms. The van der Waals surface area contributed by atoms with Crippen LogP contribution >= 0.6 is 0 Å². The predicted octanol–water partition coefficient (Wildman–Crippen LogP) is 1.88. The molecular formula is C11H20O3S. The zero-order valence-corrected chi connectivity index (χ0v) is 10.6. The van der Waals surface area contributed by atoms with Gasteiger partial charge in [-0.15, -0.1) is 0 Å². The standard InChI is InChI=1S/C11H20O3S/c1-11(2,10(12)14-3)8-15(13)9-6-4-5-7-9/h9H,4-8H2,1-3H3. The normalized spacial score (nSPS) is 20.2. The van der Waals surface area contributed by atoms with Crippen LogP contribution in [0.15, 0.2) is 0 Å². The first-order valence-electron chi connectivity index (χ1n) is 5.43. The highest BCUT2D eigenvalue weighted by atomic mass is 32.2. The van der Waals surface area contributed by atoms with Crippen molar-refractivity contribution in [1.82, 2.24) is 0 Å². The molecule has 1 fully saturated rings. The molecule has 1 saturated carbocycles. The van der Waals surface area contributed by atoms with Crippen LogP contribution in [0.5, 0.6) is 0 Å². The molecule has 0 N–H and O–H groups in total. The van der Waals surface area contributed by atoms with Crippen molar-refractivity contribution in [2.45, 2.75) is 44.8 Å². The number of hydrogen-bond acceptors (Lipinski definition) is 3. The van der Waals surface area contributed by atoms with Crippen molar-refractivity contribution < 1.29 is 13.7 Å². The van der Waals surface area contributed by atoms with E-state index in [1.54, 1.807) is 13.8 Å². The van der Waals surface area contributed by atoms with Crippen molar-refractivity contribution >= 4 is 16.8 Å². The van der Waals surface area contributed by atoms with Crippen LogP contribution in [0.2, 0.25) is 0 Å². The summed E-state index contributed by atoms with van der Waals surface area (Å²) in [6.07, 6.45) is 4.44. The van der Waals surface area contributed by atoms with Crippen molar-refractivity contribution in [2.75, 3.05) is 12.9 Å². The predicted molar refractivity (Wildman–Crippen MR) is 61.1 cm³/mol. The second-order valence-corrected chi connectivity index (χ2v) is 6.52. The van der Waals surface area contributed by atoms with E-state index in [9.17, 15) is 9.00 Å². The number of esters is 1. The van der Waals surface area contributed by atoms with E-state index in [1.165, 1.54) is 20.0 Å². The number of hydrogen-bond donors (Lipinski definition) is 0. The molecule has 4 heteroatoms. The molecule has 0 heterocycles. The second kappa shape index (κ2) is 5.10. The van der Waals surface area contributed by atoms with Crippen LogP contribution in [0.4, 0.5) is 0 Å². The Morgan fingerprint density at radius 1 is 1.40 bits per heavy atom. The van der Waals surface area contributed by atoms with Gasteiger partial charge in [-0.05, 0) is 26.7 Å². The summed E-state index contributed by atoms with van der Waals surface area (Å²) in [4.78, 5) is 11.4. The number of rotatable bonds is 4. The minimum absolute atomic E-state index is 0.270. The topological polar surface area (TPSA) is 43.4 Å². The SMILES string of the molecule is COC(=O)C(C)(C)CS(=O)C1CCCC1. The third-order valence-electron chi connectivity index (χ3n) is 2.92. The summed E-state index contributed by atoms with van der Waals surface area (Å²) < 4.78 is 16.7. The molecule has 0 aliphatic heterocycles. The van der Waals surface area contributed by atoms with E-state index in [1.807, 2.05) is 0 Å². The van der Waals surface area contributed by atoms with Crippen LogP contribution < -0.4 is 0 Å². The molecule has 0 spiro atoms. The fourth-order valence-electron chi connectivity index (χ4n) is 1.96. The Morgan fingerprint density at radius 3 is 2.40 bits per heavy atom. The van der Waals surface area contributed by atoms with Crippen LogP contribution in [-0.2, 0) is 20.3 Å². The molecule has 1 aliphatic carbocycles. The van der Waals surface area contributed by atoms with Crippen molar-refractivity contribution in [1.29, 1.82) is 0 Å². The molecule has 3 nitrogen and oxygen atoms in total. The van der Waals surface area contributed by atoms with Gasteiger partial charge in [0.25, 0.3) is 0 Å². The molecule has 15 heavy (non-hydrogen) atoms. The lowest BCUT2D eigenvalue weighted by atomic mass is 9.97. The maximum absolute atomic E-state index is 12.0. The smallest absolute Gasteiger partial charge is 0.312 e. The van der Waals surface area contributed by atoms with Crippen molar-refractivity contribution in [3.63, 3.8) is 0 Å². The van der Waals surface area contributed by atoms with Gasteiger partial charge < -0.3 is 4.74 Å². The van der Waals surface area contributed by atoms with Crippen molar-refractivity contribution in [2.24, 2.45) is 5.41 Å². The van der Waals surface area contributed by atoms with Crippen molar-refractivity contribution in [3.8, 4) is 0 Å². The largest absolute Gasteiger partial charge is 0.469 e. The van der Waals surface area contributed by atoms with Gasteiger partial charge in [0.2, 0.25) is 0 Å². The molecule has 0 aromatic carbocycles. The third kappa shape index (κ3) is 3.30. The summed E-state index contributed by atoms with van der Waals surface area (Å²) in [5.74, 6) is 0.151. The fraction of sp³-hybridized carbons (Fsp3) is 0.909. The van der Waals surface area contributed by atoms with Crippen LogP contribution in [0, 0.1) is 5.41 Å². The van der Waals surface area contributed by atoms with Gasteiger partial charge in [-0.3, -0.25) is 9.00 Å². The van der Waals surface area contributed by atoms with Gasteiger partial charge in [-0.2, -0.15) is 0 Å². The monoisotopic (exact) mass is 232 g/mol. The molecular weight excluding hydrogens is 212 g/mol. The Bertz CT molecular complexity index is 255. The lowest BCUT2D eigenvalue weighted by Gasteiger charge is -2.22. The highest BCUT2D eigenvalue weighted by molar-refractivity contribution is 7.85. The van der Waals surface area contributed by atoms with Crippen LogP contribution in [0.1, 0.15) is 39.5 Å². The fourth-order valence-corrected chi connectivity index (χ4v) is 3.88. The minimum atomic E-state index is -0.888. The number of carbonyl (C=O) groups is 1. The average Bonchev–Trinajstić information content (AvgIpc) is 2.68. The van der Waals surface area contributed by atoms with Gasteiger partial charge in [0, 0.05) is 21.8 Å². The summed E-state index contributed by atoms with van der Waals surface area (Å²) in [7, 11) is 0.490. The zero-order chi connectivity index (χ0) is 11.5. The second-order valence-electron chi connectivity index (χ2n) is 4.81. The summed E-state index contributed by atoms with van der Waals surface area (Å²) in [6.45, 7) is 3.59. The van der Waals surface area contributed by atoms with E-state index in [0.29, 0.717) is 11.0 Å². The van der Waals surface area contributed by atoms with Gasteiger partial charge in [0.15, 0.2) is 0 Å². The summed E-state index contributed by atoms with van der Waals surface area (Å²) in [5, 5.41) is 0.300. The first kappa shape index (κ1) is 12.7. The molecule has 1 aliphatic rings. The third-order valence-corrected chi connectivity index (χ3v) is 5.14. The minimum Gasteiger partial charge on any atom is -0.469 e. The van der Waals surface area contributed by atoms with Gasteiger partial charge in [-0.25, -0.2) is 0 Å². The van der Waals surface area contributed by atoms with Crippen LogP contribution in [0.25, 0.3) is 0 Å². The first-order chi connectivity index (χ1) is 6.97. The van der Waals surface area contributed by atoms with Crippen LogP contribution in [0.3, 0.4) is 0 Å². The Balaban J connectivity index is 2.52. The van der Waals surface area contributed by atoms with E-state index in [4.69, 9.17) is 4.74 Å². The van der Waals surface area contributed by atoms with Crippen LogP contribution in [-0.4, -0.2) is 28.3 Å². The molecule has 0 aromatic rings. The van der Waals surface area contributed by atoms with E-state index in [0.717, 1.165) is 12.8 Å². The Hall–Kier alpha value is -0.380. The van der Waals surface area contributed by atoms with E-state index in [-0.39, 0.29) is 5.97 Å². The lowest BCUT2D eigenvalue weighted by molar-refractivity contribution is -0.149. The zero-order valence-electron chi connectivity index (χ0n) is 9.75.